The molecule has 2 heterocycles. The molecule has 0 aliphatic heterocycles. The van der Waals surface area contributed by atoms with Gasteiger partial charge in [-0.25, -0.2) is 4.79 Å². The number of thioether (sulfide) groups is 1. The van der Waals surface area contributed by atoms with E-state index in [4.69, 9.17) is 4.74 Å². The average molecular weight is 488 g/mol. The van der Waals surface area contributed by atoms with Crippen molar-refractivity contribution >= 4 is 45.9 Å². The fourth-order valence-electron chi connectivity index (χ4n) is 3.13. The maximum absolute atomic E-state index is 12.7. The molecule has 2 amide bonds. The second-order valence-electron chi connectivity index (χ2n) is 7.20. The summed E-state index contributed by atoms with van der Waals surface area (Å²) in [6.07, 6.45) is 0. The first kappa shape index (κ1) is 24.5. The van der Waals surface area contributed by atoms with Crippen LogP contribution in [-0.2, 0) is 16.1 Å². The van der Waals surface area contributed by atoms with Gasteiger partial charge in [0, 0.05) is 26.2 Å². The number of anilines is 1. The first-order valence-corrected chi connectivity index (χ1v) is 11.9. The Morgan fingerprint density at radius 1 is 1.18 bits per heavy atom. The van der Waals surface area contributed by atoms with Crippen LogP contribution >= 0.6 is 23.1 Å². The lowest BCUT2D eigenvalue weighted by atomic mass is 10.1. The number of nitrogens with one attached hydrogen (secondary N) is 1. The standard InChI is InChI=1S/C22H25N5O4S2/c1-6-27-18(14-10-8-7-9-11-14)24-25-22(27)32-12-15(28)23-19-16(21(30)31-5)13(2)17(33-19)20(29)26(3)4/h7-11H,6,12H2,1-5H3,(H,23,28). The molecule has 2 aromatic heterocycles. The van der Waals surface area contributed by atoms with Crippen LogP contribution in [0.15, 0.2) is 35.5 Å². The van der Waals surface area contributed by atoms with Crippen LogP contribution in [0.4, 0.5) is 5.00 Å². The molecule has 1 N–H and O–H groups in total. The Labute approximate surface area is 200 Å². The third-order valence-corrected chi connectivity index (χ3v) is 6.95. The van der Waals surface area contributed by atoms with Gasteiger partial charge in [-0.15, -0.1) is 21.5 Å². The quantitative estimate of drug-likeness (QED) is 0.382. The summed E-state index contributed by atoms with van der Waals surface area (Å²) < 4.78 is 6.80. The molecule has 0 aliphatic rings. The highest BCUT2D eigenvalue weighted by atomic mass is 32.2. The molecule has 1 aromatic carbocycles. The lowest BCUT2D eigenvalue weighted by molar-refractivity contribution is -0.113. The zero-order valence-corrected chi connectivity index (χ0v) is 20.7. The maximum Gasteiger partial charge on any atom is 0.341 e. The topological polar surface area (TPSA) is 106 Å². The minimum atomic E-state index is -0.609. The van der Waals surface area contributed by atoms with Gasteiger partial charge < -0.3 is 19.5 Å². The van der Waals surface area contributed by atoms with Gasteiger partial charge in [0.15, 0.2) is 11.0 Å². The molecule has 0 unspecified atom stereocenters. The minimum absolute atomic E-state index is 0.0570. The number of rotatable bonds is 8. The number of nitrogens with zero attached hydrogens (tertiary/aromatic N) is 4. The van der Waals surface area contributed by atoms with E-state index >= 15 is 0 Å². The van der Waals surface area contributed by atoms with E-state index in [1.165, 1.54) is 23.8 Å². The predicted molar refractivity (Wildman–Crippen MR) is 129 cm³/mol. The van der Waals surface area contributed by atoms with Crippen LogP contribution in [0.5, 0.6) is 0 Å². The van der Waals surface area contributed by atoms with Crippen molar-refractivity contribution in [2.75, 3.05) is 32.3 Å². The monoisotopic (exact) mass is 487 g/mol. The summed E-state index contributed by atoms with van der Waals surface area (Å²) >= 11 is 2.31. The maximum atomic E-state index is 12.7. The molecule has 9 nitrogen and oxygen atoms in total. The normalized spacial score (nSPS) is 10.7. The molecule has 174 valence electrons. The molecule has 33 heavy (non-hydrogen) atoms. The highest BCUT2D eigenvalue weighted by molar-refractivity contribution is 7.99. The smallest absolute Gasteiger partial charge is 0.341 e. The van der Waals surface area contributed by atoms with Crippen LogP contribution in [0.2, 0.25) is 0 Å². The van der Waals surface area contributed by atoms with E-state index in [2.05, 4.69) is 15.5 Å². The third-order valence-electron chi connectivity index (χ3n) is 4.79. The highest BCUT2D eigenvalue weighted by Gasteiger charge is 2.27. The van der Waals surface area contributed by atoms with E-state index in [1.807, 2.05) is 41.8 Å². The van der Waals surface area contributed by atoms with Crippen LogP contribution in [0.25, 0.3) is 11.4 Å². The molecule has 3 rings (SSSR count). The first-order chi connectivity index (χ1) is 15.8. The van der Waals surface area contributed by atoms with Crippen LogP contribution in [-0.4, -0.2) is 64.4 Å². The van der Waals surface area contributed by atoms with Crippen molar-refractivity contribution in [3.8, 4) is 11.4 Å². The molecule has 0 atom stereocenters. The number of carbonyl (C=O) groups excluding carboxylic acids is 3. The van der Waals surface area contributed by atoms with Gasteiger partial charge in [0.2, 0.25) is 5.91 Å². The lowest BCUT2D eigenvalue weighted by Crippen LogP contribution is -2.21. The Hall–Kier alpha value is -3.18. The van der Waals surface area contributed by atoms with E-state index in [0.29, 0.717) is 22.1 Å². The van der Waals surface area contributed by atoms with Gasteiger partial charge in [0.05, 0.1) is 23.3 Å². The van der Waals surface area contributed by atoms with Gasteiger partial charge in [0.25, 0.3) is 5.91 Å². The van der Waals surface area contributed by atoms with Crippen LogP contribution < -0.4 is 5.32 Å². The largest absolute Gasteiger partial charge is 0.465 e. The Bertz CT molecular complexity index is 1170. The molecule has 0 aliphatic carbocycles. The summed E-state index contributed by atoms with van der Waals surface area (Å²) in [5, 5.41) is 12.2. The number of carbonyl (C=O) groups is 3. The number of amides is 2. The van der Waals surface area contributed by atoms with Gasteiger partial charge >= 0.3 is 5.97 Å². The number of thiophene rings is 1. The molecule has 0 saturated carbocycles. The van der Waals surface area contributed by atoms with E-state index < -0.39 is 5.97 Å². The molecule has 0 fully saturated rings. The summed E-state index contributed by atoms with van der Waals surface area (Å²) in [6, 6.07) is 9.71. The molecule has 11 heteroatoms. The molecule has 0 saturated heterocycles. The van der Waals surface area contributed by atoms with Crippen molar-refractivity contribution < 1.29 is 19.1 Å². The van der Waals surface area contributed by atoms with Crippen LogP contribution in [0.3, 0.4) is 0 Å². The van der Waals surface area contributed by atoms with Crippen LogP contribution in [0, 0.1) is 6.92 Å². The minimum Gasteiger partial charge on any atom is -0.465 e. The first-order valence-electron chi connectivity index (χ1n) is 10.1. The third kappa shape index (κ3) is 5.25. The van der Waals surface area contributed by atoms with Crippen molar-refractivity contribution in [3.05, 3.63) is 46.3 Å². The summed E-state index contributed by atoms with van der Waals surface area (Å²) in [5.41, 5.74) is 1.61. The van der Waals surface area contributed by atoms with Crippen molar-refractivity contribution in [1.29, 1.82) is 0 Å². The van der Waals surface area contributed by atoms with Crippen LogP contribution in [0.1, 0.15) is 32.5 Å². The second-order valence-corrected chi connectivity index (χ2v) is 9.17. The van der Waals surface area contributed by atoms with Crippen molar-refractivity contribution in [2.45, 2.75) is 25.5 Å². The summed E-state index contributed by atoms with van der Waals surface area (Å²) in [7, 11) is 4.51. The van der Waals surface area contributed by atoms with Gasteiger partial charge in [-0.3, -0.25) is 9.59 Å². The number of methoxy groups -OCH3 is 1. The number of hydrogen-bond donors (Lipinski definition) is 1. The zero-order valence-electron chi connectivity index (χ0n) is 19.0. The summed E-state index contributed by atoms with van der Waals surface area (Å²) in [4.78, 5) is 39.3. The van der Waals surface area contributed by atoms with Gasteiger partial charge in [-0.2, -0.15) is 0 Å². The Morgan fingerprint density at radius 2 is 1.88 bits per heavy atom. The fraction of sp³-hybridized carbons (Fsp3) is 0.318. The number of ether oxygens (including phenoxy) is 1. The predicted octanol–water partition coefficient (Wildman–Crippen LogP) is 3.55. The molecular weight excluding hydrogens is 462 g/mol. The van der Waals surface area contributed by atoms with Gasteiger partial charge in [-0.05, 0) is 19.4 Å². The number of benzene rings is 1. The van der Waals surface area contributed by atoms with Gasteiger partial charge in [-0.1, -0.05) is 42.1 Å². The lowest BCUT2D eigenvalue weighted by Gasteiger charge is -2.08. The molecule has 0 bridgehead atoms. The van der Waals surface area contributed by atoms with Crippen molar-refractivity contribution in [1.82, 2.24) is 19.7 Å². The van der Waals surface area contributed by atoms with E-state index in [0.717, 1.165) is 22.7 Å². The highest BCUT2D eigenvalue weighted by Crippen LogP contribution is 2.34. The Balaban J connectivity index is 1.78. The fourth-order valence-corrected chi connectivity index (χ4v) is 5.17. The average Bonchev–Trinajstić information content (AvgIpc) is 3.37. The van der Waals surface area contributed by atoms with Crippen molar-refractivity contribution in [3.63, 3.8) is 0 Å². The van der Waals surface area contributed by atoms with E-state index in [9.17, 15) is 14.4 Å². The molecule has 0 radical (unpaired) electrons. The molecular formula is C22H25N5O4S2. The van der Waals surface area contributed by atoms with E-state index in [-0.39, 0.29) is 28.1 Å². The number of aromatic nitrogens is 3. The number of esters is 1. The Kier molecular flexibility index (Phi) is 7.88. The Morgan fingerprint density at radius 3 is 2.48 bits per heavy atom. The molecule has 3 aromatic rings. The molecule has 0 spiro atoms. The second kappa shape index (κ2) is 10.6. The van der Waals surface area contributed by atoms with Crippen molar-refractivity contribution in [2.24, 2.45) is 0 Å². The summed E-state index contributed by atoms with van der Waals surface area (Å²) in [5.74, 6) is -0.400. The SMILES string of the molecule is CCn1c(SCC(=O)Nc2sc(C(=O)N(C)C)c(C)c2C(=O)OC)nnc1-c1ccccc1. The number of hydrogen-bond acceptors (Lipinski definition) is 8. The van der Waals surface area contributed by atoms with E-state index in [1.54, 1.807) is 21.0 Å². The zero-order chi connectivity index (χ0) is 24.1. The van der Waals surface area contributed by atoms with Gasteiger partial charge in [0.1, 0.15) is 5.00 Å². The summed E-state index contributed by atoms with van der Waals surface area (Å²) in [6.45, 7) is 4.30.